The van der Waals surface area contributed by atoms with Gasteiger partial charge in [0.1, 0.15) is 13.2 Å². The average molecular weight is 893 g/mol. The van der Waals surface area contributed by atoms with Gasteiger partial charge in [-0.15, -0.1) is 0 Å². The minimum Gasteiger partial charge on any atom is -0.462 e. The number of carbonyl (C=O) groups excluding carboxylic acids is 3. The van der Waals surface area contributed by atoms with Crippen molar-refractivity contribution in [2.45, 2.75) is 264 Å². The zero-order valence-corrected chi connectivity index (χ0v) is 42.0. The second kappa shape index (κ2) is 52.5. The first kappa shape index (κ1) is 60.9. The monoisotopic (exact) mass is 893 g/mol. The summed E-state index contributed by atoms with van der Waals surface area (Å²) in [6, 6.07) is 0. The molecule has 0 aromatic heterocycles. The fourth-order valence-electron chi connectivity index (χ4n) is 7.39. The highest BCUT2D eigenvalue weighted by molar-refractivity contribution is 5.71. The first-order chi connectivity index (χ1) is 31.5. The lowest BCUT2D eigenvalue weighted by Crippen LogP contribution is -2.30. The van der Waals surface area contributed by atoms with Crippen molar-refractivity contribution in [3.8, 4) is 0 Å². The van der Waals surface area contributed by atoms with Crippen LogP contribution in [0.3, 0.4) is 0 Å². The third-order valence-electron chi connectivity index (χ3n) is 11.4. The number of ether oxygens (including phenoxy) is 3. The maximum Gasteiger partial charge on any atom is 0.306 e. The fourth-order valence-corrected chi connectivity index (χ4v) is 7.39. The molecule has 64 heavy (non-hydrogen) atoms. The minimum atomic E-state index is -0.789. The number of esters is 3. The molecule has 1 unspecified atom stereocenters. The summed E-state index contributed by atoms with van der Waals surface area (Å²) in [6.45, 7) is 6.46. The Morgan fingerprint density at radius 1 is 0.328 bits per heavy atom. The Hall–Kier alpha value is -3.15. The van der Waals surface area contributed by atoms with E-state index in [-0.39, 0.29) is 31.1 Å². The summed E-state index contributed by atoms with van der Waals surface area (Å²) in [7, 11) is 0. The van der Waals surface area contributed by atoms with Crippen molar-refractivity contribution >= 4 is 17.9 Å². The number of allylic oxidation sites excluding steroid dienone is 12. The third-order valence-corrected chi connectivity index (χ3v) is 11.4. The second-order valence-electron chi connectivity index (χ2n) is 17.8. The molecule has 0 amide bonds. The number of carbonyl (C=O) groups is 3. The summed E-state index contributed by atoms with van der Waals surface area (Å²) in [4.78, 5) is 38.0. The SMILES string of the molecule is CC/C=C\C/C=C\C/C=C\C/C=C\CCCCCCC(=O)OCC(COC(=O)CCCCCCC/C=C\C/C=C\CCCC)OC(=O)CCCCCCCCCCCCCCCCC. The van der Waals surface area contributed by atoms with E-state index >= 15 is 0 Å². The Morgan fingerprint density at radius 2 is 0.625 bits per heavy atom. The highest BCUT2D eigenvalue weighted by Crippen LogP contribution is 2.15. The van der Waals surface area contributed by atoms with Gasteiger partial charge in [0, 0.05) is 19.3 Å². The number of hydrogen-bond donors (Lipinski definition) is 0. The molecule has 6 nitrogen and oxygen atoms in total. The Labute approximate surface area is 395 Å². The van der Waals surface area contributed by atoms with Crippen LogP contribution in [0.5, 0.6) is 0 Å². The van der Waals surface area contributed by atoms with Gasteiger partial charge in [-0.25, -0.2) is 0 Å². The van der Waals surface area contributed by atoms with Crippen LogP contribution in [0.2, 0.25) is 0 Å². The minimum absolute atomic E-state index is 0.0892. The number of unbranched alkanes of at least 4 members (excludes halogenated alkanes) is 25. The molecule has 0 bridgehead atoms. The van der Waals surface area contributed by atoms with Crippen molar-refractivity contribution < 1.29 is 28.6 Å². The van der Waals surface area contributed by atoms with E-state index in [0.717, 1.165) is 116 Å². The highest BCUT2D eigenvalue weighted by atomic mass is 16.6. The van der Waals surface area contributed by atoms with Crippen LogP contribution < -0.4 is 0 Å². The first-order valence-electron chi connectivity index (χ1n) is 26.9. The molecule has 0 rings (SSSR count). The molecular formula is C58H100O6. The van der Waals surface area contributed by atoms with Gasteiger partial charge < -0.3 is 14.2 Å². The maximum absolute atomic E-state index is 12.8. The summed E-state index contributed by atoms with van der Waals surface area (Å²) in [6.07, 6.45) is 65.9. The normalized spacial score (nSPS) is 12.6. The van der Waals surface area contributed by atoms with Gasteiger partial charge in [0.25, 0.3) is 0 Å². The summed E-state index contributed by atoms with van der Waals surface area (Å²) in [5.74, 6) is -0.920. The lowest BCUT2D eigenvalue weighted by molar-refractivity contribution is -0.167. The Bertz CT molecular complexity index is 1210. The molecule has 0 saturated heterocycles. The van der Waals surface area contributed by atoms with Crippen molar-refractivity contribution in [1.29, 1.82) is 0 Å². The van der Waals surface area contributed by atoms with Crippen molar-refractivity contribution in [1.82, 2.24) is 0 Å². The van der Waals surface area contributed by atoms with Gasteiger partial charge in [0.2, 0.25) is 0 Å². The molecular weight excluding hydrogens is 793 g/mol. The smallest absolute Gasteiger partial charge is 0.306 e. The maximum atomic E-state index is 12.8. The van der Waals surface area contributed by atoms with E-state index in [1.807, 2.05) is 0 Å². The zero-order chi connectivity index (χ0) is 46.5. The molecule has 1 atom stereocenters. The lowest BCUT2D eigenvalue weighted by atomic mass is 10.0. The van der Waals surface area contributed by atoms with Crippen molar-refractivity contribution in [2.24, 2.45) is 0 Å². The van der Waals surface area contributed by atoms with E-state index in [1.54, 1.807) is 0 Å². The van der Waals surface area contributed by atoms with Crippen molar-refractivity contribution in [3.63, 3.8) is 0 Å². The van der Waals surface area contributed by atoms with Crippen LogP contribution in [0.4, 0.5) is 0 Å². The number of hydrogen-bond acceptors (Lipinski definition) is 6. The van der Waals surface area contributed by atoms with Gasteiger partial charge in [-0.05, 0) is 83.5 Å². The zero-order valence-electron chi connectivity index (χ0n) is 42.0. The van der Waals surface area contributed by atoms with E-state index < -0.39 is 6.10 Å². The molecule has 0 saturated carbocycles. The molecule has 0 radical (unpaired) electrons. The van der Waals surface area contributed by atoms with E-state index in [9.17, 15) is 14.4 Å². The van der Waals surface area contributed by atoms with E-state index in [0.29, 0.717) is 19.3 Å². The molecule has 0 fully saturated rings. The topological polar surface area (TPSA) is 78.9 Å². The van der Waals surface area contributed by atoms with Gasteiger partial charge in [-0.2, -0.15) is 0 Å². The van der Waals surface area contributed by atoms with Gasteiger partial charge in [-0.1, -0.05) is 229 Å². The molecule has 0 N–H and O–H groups in total. The van der Waals surface area contributed by atoms with Gasteiger partial charge >= 0.3 is 17.9 Å². The molecule has 0 aromatic carbocycles. The summed E-state index contributed by atoms with van der Waals surface area (Å²) < 4.78 is 16.8. The van der Waals surface area contributed by atoms with Crippen LogP contribution in [-0.4, -0.2) is 37.2 Å². The summed E-state index contributed by atoms with van der Waals surface area (Å²) in [5, 5.41) is 0. The quantitative estimate of drug-likeness (QED) is 0.0262. The fraction of sp³-hybridized carbons (Fsp3) is 0.741. The van der Waals surface area contributed by atoms with Crippen LogP contribution in [-0.2, 0) is 28.6 Å². The Balaban J connectivity index is 4.43. The standard InChI is InChI=1S/C58H100O6/c1-4-7-10-13-16-19-22-25-28-29-31-33-36-39-42-45-48-51-57(60)63-54-55(53-62-56(59)50-47-44-41-38-35-32-27-24-21-18-15-12-9-6-3)64-58(61)52-49-46-43-40-37-34-30-26-23-20-17-14-11-8-5-2/h7,10,15-16,18-19,24-25,27-28,31,33,55H,4-6,8-9,11-14,17,20-23,26,29-30,32,34-54H2,1-3H3/b10-7-,18-15-,19-16-,27-24-,28-25-,33-31-. The molecule has 0 aromatic rings. The largest absolute Gasteiger partial charge is 0.462 e. The first-order valence-corrected chi connectivity index (χ1v) is 26.9. The summed E-state index contributed by atoms with van der Waals surface area (Å²) in [5.41, 5.74) is 0. The molecule has 0 aliphatic carbocycles. The Morgan fingerprint density at radius 3 is 1.00 bits per heavy atom. The van der Waals surface area contributed by atoms with Crippen molar-refractivity contribution in [2.75, 3.05) is 13.2 Å². The molecule has 368 valence electrons. The molecule has 0 aliphatic heterocycles. The third kappa shape index (κ3) is 49.9. The van der Waals surface area contributed by atoms with Gasteiger partial charge in [0.15, 0.2) is 6.10 Å². The lowest BCUT2D eigenvalue weighted by Gasteiger charge is -2.18. The number of rotatable bonds is 48. The predicted octanol–water partition coefficient (Wildman–Crippen LogP) is 17.8. The summed E-state index contributed by atoms with van der Waals surface area (Å²) >= 11 is 0. The predicted molar refractivity (Wildman–Crippen MR) is 274 cm³/mol. The van der Waals surface area contributed by atoms with Gasteiger partial charge in [0.05, 0.1) is 0 Å². The highest BCUT2D eigenvalue weighted by Gasteiger charge is 2.19. The molecule has 6 heteroatoms. The Kier molecular flexibility index (Phi) is 49.9. The van der Waals surface area contributed by atoms with Crippen LogP contribution in [0.1, 0.15) is 258 Å². The van der Waals surface area contributed by atoms with Crippen LogP contribution in [0.25, 0.3) is 0 Å². The van der Waals surface area contributed by atoms with E-state index in [4.69, 9.17) is 14.2 Å². The van der Waals surface area contributed by atoms with E-state index in [2.05, 4.69) is 93.7 Å². The molecule has 0 aliphatic rings. The van der Waals surface area contributed by atoms with Crippen molar-refractivity contribution in [3.05, 3.63) is 72.9 Å². The second-order valence-corrected chi connectivity index (χ2v) is 17.8. The average Bonchev–Trinajstić information content (AvgIpc) is 3.29. The molecule has 0 heterocycles. The van der Waals surface area contributed by atoms with Crippen LogP contribution >= 0.6 is 0 Å². The van der Waals surface area contributed by atoms with Crippen LogP contribution in [0.15, 0.2) is 72.9 Å². The van der Waals surface area contributed by atoms with E-state index in [1.165, 1.54) is 103 Å². The molecule has 0 spiro atoms. The van der Waals surface area contributed by atoms with Gasteiger partial charge in [-0.3, -0.25) is 14.4 Å². The van der Waals surface area contributed by atoms with Crippen LogP contribution in [0, 0.1) is 0 Å².